The molecule has 0 bridgehead atoms. The second kappa shape index (κ2) is 5.85. The number of allylic oxidation sites excluding steroid dienone is 6. The third-order valence-corrected chi connectivity index (χ3v) is 3.02. The summed E-state index contributed by atoms with van der Waals surface area (Å²) in [5, 5.41) is 0. The average molecular weight is 189 g/mol. The van der Waals surface area contributed by atoms with E-state index in [9.17, 15) is 0 Å². The lowest BCUT2D eigenvalue weighted by atomic mass is 9.85. The van der Waals surface area contributed by atoms with E-state index in [1.165, 1.54) is 18.4 Å². The summed E-state index contributed by atoms with van der Waals surface area (Å²) < 4.78 is 0. The molecule has 0 nitrogen and oxygen atoms in total. The van der Waals surface area contributed by atoms with E-state index in [0.717, 1.165) is 5.92 Å². The van der Waals surface area contributed by atoms with Gasteiger partial charge in [0.2, 0.25) is 0 Å². The summed E-state index contributed by atoms with van der Waals surface area (Å²) >= 11 is 0. The predicted molar refractivity (Wildman–Crippen MR) is 63.9 cm³/mol. The van der Waals surface area contributed by atoms with Crippen molar-refractivity contribution in [2.45, 2.75) is 33.6 Å². The van der Waals surface area contributed by atoms with Crippen LogP contribution in [0.15, 0.2) is 36.0 Å². The molecule has 0 saturated heterocycles. The Morgan fingerprint density at radius 1 is 1.36 bits per heavy atom. The van der Waals surface area contributed by atoms with Crippen molar-refractivity contribution in [3.63, 3.8) is 0 Å². The minimum absolute atomic E-state index is 0.701. The van der Waals surface area contributed by atoms with Crippen LogP contribution in [0, 0.1) is 18.3 Å². The Bertz CT molecular complexity index is 243. The van der Waals surface area contributed by atoms with E-state index in [4.69, 9.17) is 0 Å². The van der Waals surface area contributed by atoms with Gasteiger partial charge in [-0.15, -0.1) is 0 Å². The van der Waals surface area contributed by atoms with Crippen molar-refractivity contribution in [2.75, 3.05) is 0 Å². The molecule has 0 N–H and O–H groups in total. The summed E-state index contributed by atoms with van der Waals surface area (Å²) in [4.78, 5) is 0. The van der Waals surface area contributed by atoms with Crippen molar-refractivity contribution < 1.29 is 0 Å². The van der Waals surface area contributed by atoms with Crippen LogP contribution in [0.3, 0.4) is 0 Å². The Kier molecular flexibility index (Phi) is 4.72. The van der Waals surface area contributed by atoms with Gasteiger partial charge in [0.15, 0.2) is 0 Å². The normalized spacial score (nSPS) is 20.1. The molecule has 2 unspecified atom stereocenters. The summed E-state index contributed by atoms with van der Waals surface area (Å²) in [6.07, 6.45) is 15.7. The molecule has 0 amide bonds. The van der Waals surface area contributed by atoms with E-state index >= 15 is 0 Å². The fourth-order valence-corrected chi connectivity index (χ4v) is 1.83. The van der Waals surface area contributed by atoms with Gasteiger partial charge in [-0.3, -0.25) is 0 Å². The Morgan fingerprint density at radius 2 is 2.14 bits per heavy atom. The summed E-state index contributed by atoms with van der Waals surface area (Å²) in [6.45, 7) is 6.72. The molecule has 1 aliphatic carbocycles. The Hall–Kier alpha value is -0.780. The van der Waals surface area contributed by atoms with Crippen molar-refractivity contribution in [3.05, 3.63) is 42.4 Å². The van der Waals surface area contributed by atoms with Gasteiger partial charge in [-0.2, -0.15) is 0 Å². The highest BCUT2D eigenvalue weighted by Crippen LogP contribution is 2.27. The first-order valence-electron chi connectivity index (χ1n) is 5.61. The molecule has 0 aliphatic heterocycles. The third kappa shape index (κ3) is 3.17. The first-order valence-corrected chi connectivity index (χ1v) is 5.61. The molecule has 1 radical (unpaired) electrons. The maximum Gasteiger partial charge on any atom is 0.00837 e. The van der Waals surface area contributed by atoms with Crippen molar-refractivity contribution in [1.29, 1.82) is 0 Å². The van der Waals surface area contributed by atoms with Gasteiger partial charge < -0.3 is 0 Å². The van der Waals surface area contributed by atoms with Gasteiger partial charge in [0.1, 0.15) is 0 Å². The summed E-state index contributed by atoms with van der Waals surface area (Å²) in [5.74, 6) is 1.48. The molecule has 0 saturated carbocycles. The summed E-state index contributed by atoms with van der Waals surface area (Å²) in [5.41, 5.74) is 1.47. The second-order valence-electron chi connectivity index (χ2n) is 4.07. The molecule has 14 heavy (non-hydrogen) atoms. The highest BCUT2D eigenvalue weighted by molar-refractivity contribution is 5.34. The molecule has 2 atom stereocenters. The minimum Gasteiger partial charge on any atom is -0.0914 e. The van der Waals surface area contributed by atoms with Crippen LogP contribution >= 0.6 is 0 Å². The fourth-order valence-electron chi connectivity index (χ4n) is 1.83. The van der Waals surface area contributed by atoms with Crippen LogP contribution in [0.4, 0.5) is 0 Å². The lowest BCUT2D eigenvalue weighted by Crippen LogP contribution is -2.09. The highest BCUT2D eigenvalue weighted by atomic mass is 14.2. The zero-order valence-electron chi connectivity index (χ0n) is 9.53. The average Bonchev–Trinajstić information content (AvgIpc) is 2.68. The van der Waals surface area contributed by atoms with E-state index in [0.29, 0.717) is 5.92 Å². The lowest BCUT2D eigenvalue weighted by molar-refractivity contribution is 0.414. The Morgan fingerprint density at radius 3 is 2.64 bits per heavy atom. The van der Waals surface area contributed by atoms with Crippen molar-refractivity contribution in [1.82, 2.24) is 0 Å². The molecular weight excluding hydrogens is 168 g/mol. The van der Waals surface area contributed by atoms with E-state index in [-0.39, 0.29) is 0 Å². The van der Waals surface area contributed by atoms with Crippen LogP contribution in [0.5, 0.6) is 0 Å². The quantitative estimate of drug-likeness (QED) is 0.565. The number of rotatable bonds is 5. The topological polar surface area (TPSA) is 0 Å². The molecule has 1 rings (SSSR count). The molecule has 0 heteroatoms. The van der Waals surface area contributed by atoms with Crippen molar-refractivity contribution in [3.8, 4) is 0 Å². The van der Waals surface area contributed by atoms with E-state index in [1.807, 2.05) is 0 Å². The molecular formula is C14H21. The van der Waals surface area contributed by atoms with E-state index < -0.39 is 0 Å². The molecule has 0 heterocycles. The van der Waals surface area contributed by atoms with Crippen LogP contribution in [-0.2, 0) is 0 Å². The predicted octanol–water partition coefficient (Wildman–Crippen LogP) is 4.32. The highest BCUT2D eigenvalue weighted by Gasteiger charge is 2.14. The van der Waals surface area contributed by atoms with Gasteiger partial charge in [0.25, 0.3) is 0 Å². The largest absolute Gasteiger partial charge is 0.0914 e. The first-order chi connectivity index (χ1) is 6.77. The smallest absolute Gasteiger partial charge is 0.00837 e. The summed E-state index contributed by atoms with van der Waals surface area (Å²) in [7, 11) is 0. The molecule has 0 spiro atoms. The van der Waals surface area contributed by atoms with Gasteiger partial charge in [-0.1, -0.05) is 56.2 Å². The SMILES string of the molecule is C/C=C\C(CC1=CC=C[CH]1)C(C)CC. The molecule has 77 valence electrons. The molecule has 0 aromatic carbocycles. The van der Waals surface area contributed by atoms with Crippen LogP contribution in [0.2, 0.25) is 0 Å². The fraction of sp³-hybridized carbons (Fsp3) is 0.500. The lowest BCUT2D eigenvalue weighted by Gasteiger charge is -2.20. The van der Waals surface area contributed by atoms with Crippen molar-refractivity contribution in [2.24, 2.45) is 11.8 Å². The number of hydrogen-bond acceptors (Lipinski definition) is 0. The van der Waals surface area contributed by atoms with Gasteiger partial charge in [-0.05, 0) is 25.2 Å². The molecule has 1 aliphatic rings. The molecule has 0 aromatic rings. The Balaban J connectivity index is 2.50. The van der Waals surface area contributed by atoms with Gasteiger partial charge >= 0.3 is 0 Å². The van der Waals surface area contributed by atoms with Crippen LogP contribution in [-0.4, -0.2) is 0 Å². The first kappa shape index (κ1) is 11.3. The van der Waals surface area contributed by atoms with E-state index in [2.05, 4.69) is 57.6 Å². The molecule has 0 fully saturated rings. The second-order valence-corrected chi connectivity index (χ2v) is 4.07. The van der Waals surface area contributed by atoms with Gasteiger partial charge in [0.05, 0.1) is 0 Å². The Labute approximate surface area is 88.4 Å². The standard InChI is InChI=1S/C14H21/c1-4-8-14(12(3)5-2)11-13-9-6-7-10-13/h4,6-10,12,14H,5,11H2,1-3H3/b8-4-. The summed E-state index contributed by atoms with van der Waals surface area (Å²) in [6, 6.07) is 0. The van der Waals surface area contributed by atoms with Gasteiger partial charge in [0, 0.05) is 6.42 Å². The van der Waals surface area contributed by atoms with Crippen LogP contribution < -0.4 is 0 Å². The van der Waals surface area contributed by atoms with Gasteiger partial charge in [-0.25, -0.2) is 0 Å². The zero-order chi connectivity index (χ0) is 10.4. The van der Waals surface area contributed by atoms with Crippen molar-refractivity contribution >= 4 is 0 Å². The van der Waals surface area contributed by atoms with Crippen LogP contribution in [0.25, 0.3) is 0 Å². The molecule has 0 aromatic heterocycles. The van der Waals surface area contributed by atoms with Crippen LogP contribution in [0.1, 0.15) is 33.6 Å². The maximum absolute atomic E-state index is 2.35. The number of hydrogen-bond donors (Lipinski definition) is 0. The maximum atomic E-state index is 2.35. The third-order valence-electron chi connectivity index (χ3n) is 3.02. The minimum atomic E-state index is 0.701. The monoisotopic (exact) mass is 189 g/mol. The zero-order valence-corrected chi connectivity index (χ0v) is 9.53. The van der Waals surface area contributed by atoms with E-state index in [1.54, 1.807) is 0 Å².